The molecule has 1 N–H and O–H groups in total. The third kappa shape index (κ3) is 5.57. The van der Waals surface area contributed by atoms with Gasteiger partial charge in [-0.05, 0) is 48.0 Å². The van der Waals surface area contributed by atoms with Crippen LogP contribution in [0.15, 0.2) is 67.0 Å². The van der Waals surface area contributed by atoms with Gasteiger partial charge in [-0.3, -0.25) is 9.78 Å². The highest BCUT2D eigenvalue weighted by Gasteiger charge is 2.07. The maximum atomic E-state index is 14.3. The van der Waals surface area contributed by atoms with Gasteiger partial charge in [-0.1, -0.05) is 6.07 Å². The molecule has 0 spiro atoms. The molecule has 154 valence electrons. The molecule has 0 aliphatic heterocycles. The van der Waals surface area contributed by atoms with Crippen molar-refractivity contribution in [3.63, 3.8) is 0 Å². The van der Waals surface area contributed by atoms with Crippen LogP contribution in [0.2, 0.25) is 0 Å². The molecule has 0 unspecified atom stereocenters. The second-order valence-corrected chi connectivity index (χ2v) is 6.21. The van der Waals surface area contributed by atoms with Crippen LogP contribution in [0, 0.1) is 5.82 Å². The number of pyridine rings is 1. The third-order valence-electron chi connectivity index (χ3n) is 4.18. The fraction of sp³-hybridized carbons (Fsp3) is 0.130. The maximum absolute atomic E-state index is 14.3. The number of amides is 1. The minimum atomic E-state index is -0.524. The molecule has 0 radical (unpaired) electrons. The van der Waals surface area contributed by atoms with E-state index < -0.39 is 5.82 Å². The van der Waals surface area contributed by atoms with Crippen molar-refractivity contribution in [3.05, 3.63) is 83.9 Å². The summed E-state index contributed by atoms with van der Waals surface area (Å²) in [6.07, 6.45) is 6.13. The maximum Gasteiger partial charge on any atom is 0.244 e. The summed E-state index contributed by atoms with van der Waals surface area (Å²) in [4.78, 5) is 16.0. The van der Waals surface area contributed by atoms with E-state index in [2.05, 4.69) is 10.3 Å². The minimum absolute atomic E-state index is 0.0876. The van der Waals surface area contributed by atoms with Crippen LogP contribution in [0.1, 0.15) is 11.1 Å². The second-order valence-electron chi connectivity index (χ2n) is 6.21. The lowest BCUT2D eigenvalue weighted by molar-refractivity contribution is -0.116. The van der Waals surface area contributed by atoms with Gasteiger partial charge >= 0.3 is 0 Å². The molecule has 0 bridgehead atoms. The van der Waals surface area contributed by atoms with Crippen LogP contribution in [0.5, 0.6) is 23.0 Å². The van der Waals surface area contributed by atoms with Crippen LogP contribution in [0.25, 0.3) is 6.08 Å². The topological polar surface area (TPSA) is 69.7 Å². The number of nitrogens with zero attached hydrogens (tertiary/aromatic N) is 1. The van der Waals surface area contributed by atoms with Gasteiger partial charge in [0.25, 0.3) is 0 Å². The van der Waals surface area contributed by atoms with Crippen LogP contribution in [-0.4, -0.2) is 25.1 Å². The Labute approximate surface area is 173 Å². The summed E-state index contributed by atoms with van der Waals surface area (Å²) in [7, 11) is 3.11. The van der Waals surface area contributed by atoms with E-state index in [9.17, 15) is 9.18 Å². The van der Waals surface area contributed by atoms with Crippen molar-refractivity contribution in [1.82, 2.24) is 10.3 Å². The number of hydrogen-bond donors (Lipinski definition) is 1. The number of benzene rings is 2. The summed E-state index contributed by atoms with van der Waals surface area (Å²) >= 11 is 0. The van der Waals surface area contributed by atoms with Crippen LogP contribution in [-0.2, 0) is 11.3 Å². The molecule has 30 heavy (non-hydrogen) atoms. The number of ether oxygens (including phenoxy) is 3. The SMILES string of the molecule is COc1ccc(C=CC(=O)NCc2ccc(Oc3cccnc3)c(F)c2)c(OC)c1. The fourth-order valence-corrected chi connectivity index (χ4v) is 2.64. The van der Waals surface area contributed by atoms with Crippen LogP contribution >= 0.6 is 0 Å². The van der Waals surface area contributed by atoms with Gasteiger partial charge in [0.15, 0.2) is 11.6 Å². The van der Waals surface area contributed by atoms with E-state index in [1.54, 1.807) is 62.9 Å². The lowest BCUT2D eigenvalue weighted by atomic mass is 10.1. The number of halogens is 1. The van der Waals surface area contributed by atoms with E-state index in [0.717, 1.165) is 5.56 Å². The summed E-state index contributed by atoms with van der Waals surface area (Å²) in [5.74, 6) is 0.935. The average Bonchev–Trinajstić information content (AvgIpc) is 2.78. The number of methoxy groups -OCH3 is 2. The van der Waals surface area contributed by atoms with Crippen molar-refractivity contribution in [2.75, 3.05) is 14.2 Å². The highest BCUT2D eigenvalue weighted by Crippen LogP contribution is 2.26. The van der Waals surface area contributed by atoms with Gasteiger partial charge in [0.1, 0.15) is 17.2 Å². The molecule has 1 amide bonds. The van der Waals surface area contributed by atoms with Gasteiger partial charge in [0, 0.05) is 30.4 Å². The standard InChI is InChI=1S/C23H21FN2O4/c1-28-18-8-6-17(22(13-18)29-2)7-10-23(27)26-14-16-5-9-21(20(24)12-16)30-19-4-3-11-25-15-19/h3-13,15H,14H2,1-2H3,(H,26,27). The van der Waals surface area contributed by atoms with Crippen LogP contribution < -0.4 is 19.5 Å². The number of carbonyl (C=O) groups excluding carboxylic acids is 1. The summed E-state index contributed by atoms with van der Waals surface area (Å²) in [5, 5.41) is 2.72. The molecule has 0 fully saturated rings. The summed E-state index contributed by atoms with van der Waals surface area (Å²) in [6, 6.07) is 13.2. The zero-order chi connectivity index (χ0) is 21.3. The minimum Gasteiger partial charge on any atom is -0.497 e. The van der Waals surface area contributed by atoms with Gasteiger partial charge < -0.3 is 19.5 Å². The number of rotatable bonds is 8. The quantitative estimate of drug-likeness (QED) is 0.561. The van der Waals surface area contributed by atoms with E-state index in [1.807, 2.05) is 0 Å². The first-order valence-corrected chi connectivity index (χ1v) is 9.13. The lowest BCUT2D eigenvalue weighted by Crippen LogP contribution is -2.20. The Bertz CT molecular complexity index is 1040. The second kappa shape index (κ2) is 10.1. The zero-order valence-corrected chi connectivity index (χ0v) is 16.6. The Hall–Kier alpha value is -3.87. The smallest absolute Gasteiger partial charge is 0.244 e. The molecule has 1 heterocycles. The molecule has 7 heteroatoms. The lowest BCUT2D eigenvalue weighted by Gasteiger charge is -2.09. The van der Waals surface area contributed by atoms with Crippen molar-refractivity contribution < 1.29 is 23.4 Å². The number of hydrogen-bond acceptors (Lipinski definition) is 5. The Morgan fingerprint density at radius 3 is 2.63 bits per heavy atom. The van der Waals surface area contributed by atoms with Gasteiger partial charge in [0.2, 0.25) is 5.91 Å². The molecular formula is C23H21FN2O4. The third-order valence-corrected chi connectivity index (χ3v) is 4.18. The predicted octanol–water partition coefficient (Wildman–Crippen LogP) is 4.36. The molecule has 0 atom stereocenters. The fourth-order valence-electron chi connectivity index (χ4n) is 2.64. The van der Waals surface area contributed by atoms with E-state index >= 15 is 0 Å². The van der Waals surface area contributed by atoms with E-state index in [4.69, 9.17) is 14.2 Å². The Morgan fingerprint density at radius 2 is 1.93 bits per heavy atom. The highest BCUT2D eigenvalue weighted by molar-refractivity contribution is 5.92. The van der Waals surface area contributed by atoms with Crippen molar-refractivity contribution in [2.45, 2.75) is 6.54 Å². The molecule has 2 aromatic carbocycles. The summed E-state index contributed by atoms with van der Waals surface area (Å²) in [5.41, 5.74) is 1.34. The number of aromatic nitrogens is 1. The van der Waals surface area contributed by atoms with Crippen molar-refractivity contribution >= 4 is 12.0 Å². The van der Waals surface area contributed by atoms with Gasteiger partial charge in [-0.2, -0.15) is 0 Å². The summed E-state index contributed by atoms with van der Waals surface area (Å²) in [6.45, 7) is 0.174. The van der Waals surface area contributed by atoms with Crippen LogP contribution in [0.3, 0.4) is 0 Å². The van der Waals surface area contributed by atoms with E-state index in [0.29, 0.717) is 22.8 Å². The molecule has 0 saturated carbocycles. The van der Waals surface area contributed by atoms with Crippen LogP contribution in [0.4, 0.5) is 4.39 Å². The van der Waals surface area contributed by atoms with Gasteiger partial charge in [0.05, 0.1) is 20.4 Å². The molecule has 3 rings (SSSR count). The number of nitrogens with one attached hydrogen (secondary N) is 1. The zero-order valence-electron chi connectivity index (χ0n) is 16.6. The first kappa shape index (κ1) is 20.9. The molecule has 6 nitrogen and oxygen atoms in total. The van der Waals surface area contributed by atoms with Crippen molar-refractivity contribution in [1.29, 1.82) is 0 Å². The average molecular weight is 408 g/mol. The molecule has 0 aliphatic carbocycles. The molecule has 1 aromatic heterocycles. The Morgan fingerprint density at radius 1 is 1.07 bits per heavy atom. The van der Waals surface area contributed by atoms with Gasteiger partial charge in [-0.15, -0.1) is 0 Å². The van der Waals surface area contributed by atoms with E-state index in [-0.39, 0.29) is 18.2 Å². The van der Waals surface area contributed by atoms with Crippen molar-refractivity contribution in [3.8, 4) is 23.0 Å². The molecular weight excluding hydrogens is 387 g/mol. The highest BCUT2D eigenvalue weighted by atomic mass is 19.1. The first-order chi connectivity index (χ1) is 14.6. The first-order valence-electron chi connectivity index (χ1n) is 9.13. The molecule has 0 aliphatic rings. The Balaban J connectivity index is 1.58. The van der Waals surface area contributed by atoms with Gasteiger partial charge in [-0.25, -0.2) is 4.39 Å². The summed E-state index contributed by atoms with van der Waals surface area (Å²) < 4.78 is 30.2. The largest absolute Gasteiger partial charge is 0.497 e. The predicted molar refractivity (Wildman–Crippen MR) is 111 cm³/mol. The molecule has 0 saturated heterocycles. The van der Waals surface area contributed by atoms with Crippen molar-refractivity contribution in [2.24, 2.45) is 0 Å². The number of carbonyl (C=O) groups is 1. The Kier molecular flexibility index (Phi) is 7.00. The molecule has 3 aromatic rings. The van der Waals surface area contributed by atoms with E-state index in [1.165, 1.54) is 24.4 Å². The monoisotopic (exact) mass is 408 g/mol. The normalized spacial score (nSPS) is 10.6.